The third kappa shape index (κ3) is 6.37. The summed E-state index contributed by atoms with van der Waals surface area (Å²) in [6.45, 7) is 1.97. The highest BCUT2D eigenvalue weighted by molar-refractivity contribution is 9.10. The molecule has 0 aliphatic heterocycles. The molecule has 0 fully saturated rings. The molecule has 2 aliphatic carbocycles. The number of rotatable bonds is 2. The van der Waals surface area contributed by atoms with Gasteiger partial charge in [0, 0.05) is 8.95 Å². The maximum absolute atomic E-state index is 11.7. The monoisotopic (exact) mass is 566 g/mol. The minimum Gasteiger partial charge on any atom is -0.469 e. The smallest absolute Gasteiger partial charge is 0.373 e. The molecule has 2 atom stereocenters. The summed E-state index contributed by atoms with van der Waals surface area (Å²) in [5.74, 6) is -0.198. The largest absolute Gasteiger partial charge is 0.469 e. The van der Waals surface area contributed by atoms with Gasteiger partial charge in [-0.15, -0.1) is 0 Å². The van der Waals surface area contributed by atoms with Crippen LogP contribution in [-0.4, -0.2) is 32.3 Å². The fourth-order valence-electron chi connectivity index (χ4n) is 4.15. The number of halogens is 2. The molecule has 0 radical (unpaired) electrons. The lowest BCUT2D eigenvalue weighted by molar-refractivity contribution is -0.191. The lowest BCUT2D eigenvalue weighted by atomic mass is 9.87. The van der Waals surface area contributed by atoms with Crippen molar-refractivity contribution in [1.29, 1.82) is 0 Å². The topological polar surface area (TPSA) is 86.7 Å². The van der Waals surface area contributed by atoms with E-state index in [2.05, 4.69) is 56.1 Å². The van der Waals surface area contributed by atoms with E-state index in [1.54, 1.807) is 0 Å². The van der Waals surface area contributed by atoms with E-state index < -0.39 is 0 Å². The fraction of sp³-hybridized carbons (Fsp3) is 0.375. The van der Waals surface area contributed by atoms with E-state index >= 15 is 0 Å². The first-order valence-electron chi connectivity index (χ1n) is 9.87. The van der Waals surface area contributed by atoms with Gasteiger partial charge < -0.3 is 9.47 Å². The van der Waals surface area contributed by atoms with Crippen molar-refractivity contribution in [2.45, 2.75) is 32.6 Å². The Kier molecular flexibility index (Phi) is 9.37. The zero-order chi connectivity index (χ0) is 23.9. The molecule has 0 saturated heterocycles. The minimum absolute atomic E-state index is 0.0179. The number of fused-ring (bicyclic) bond motifs is 2. The van der Waals surface area contributed by atoms with Crippen LogP contribution in [0.1, 0.15) is 29.2 Å². The summed E-state index contributed by atoms with van der Waals surface area (Å²) in [5, 5.41) is 0. The summed E-state index contributed by atoms with van der Waals surface area (Å²) < 4.78 is 11.7. The van der Waals surface area contributed by atoms with Gasteiger partial charge in [-0.2, -0.15) is 9.59 Å². The predicted molar refractivity (Wildman–Crippen MR) is 124 cm³/mol. The second kappa shape index (κ2) is 11.5. The van der Waals surface area contributed by atoms with E-state index in [9.17, 15) is 9.59 Å². The molecule has 2 aliphatic rings. The molecule has 0 N–H and O–H groups in total. The van der Waals surface area contributed by atoms with Gasteiger partial charge in [-0.25, -0.2) is 0 Å². The van der Waals surface area contributed by atoms with Crippen LogP contribution in [-0.2, 0) is 54.3 Å². The van der Waals surface area contributed by atoms with Crippen molar-refractivity contribution in [2.75, 3.05) is 14.2 Å². The van der Waals surface area contributed by atoms with Crippen molar-refractivity contribution < 1.29 is 28.7 Å². The third-order valence-electron chi connectivity index (χ3n) is 5.64. The molecule has 32 heavy (non-hydrogen) atoms. The molecule has 2 unspecified atom stereocenters. The summed E-state index contributed by atoms with van der Waals surface area (Å²) in [6.07, 6.45) is 3.42. The SMILES string of the molecule is COC(=O)C1(C)Cc2ccc(Br)cc2C1.COC(=O)C1Cc2ccc(Br)cc2C1.O=C=O. The Morgan fingerprint density at radius 2 is 1.38 bits per heavy atom. The summed E-state index contributed by atoms with van der Waals surface area (Å²) in [5.41, 5.74) is 4.65. The molecule has 0 aromatic heterocycles. The van der Waals surface area contributed by atoms with Crippen molar-refractivity contribution in [3.8, 4) is 0 Å². The highest BCUT2D eigenvalue weighted by Gasteiger charge is 2.40. The molecule has 170 valence electrons. The first-order chi connectivity index (χ1) is 15.2. The number of carbonyl (C=O) groups is 2. The highest BCUT2D eigenvalue weighted by Crippen LogP contribution is 2.38. The van der Waals surface area contributed by atoms with Gasteiger partial charge in [-0.1, -0.05) is 44.0 Å². The second-order valence-corrected chi connectivity index (χ2v) is 9.77. The summed E-state index contributed by atoms with van der Waals surface area (Å²) in [4.78, 5) is 39.2. The Balaban J connectivity index is 0.000000203. The fourth-order valence-corrected chi connectivity index (χ4v) is 4.96. The van der Waals surface area contributed by atoms with Gasteiger partial charge in [0.2, 0.25) is 0 Å². The number of hydrogen-bond donors (Lipinski definition) is 0. The predicted octanol–water partition coefficient (Wildman–Crippen LogP) is 4.48. The molecular weight excluding hydrogens is 544 g/mol. The number of benzene rings is 2. The third-order valence-corrected chi connectivity index (χ3v) is 6.63. The standard InChI is InChI=1S/C12H13BrO2.C11H11BrO2.CO2/c1-12(11(14)15-2)6-8-3-4-10(13)5-9(8)7-12;1-14-11(13)9-4-7-2-3-10(12)6-8(7)5-9;2-1-3/h3-5H,6-7H2,1-2H3;2-3,6,9H,4-5H2,1H3;. The number of carbonyl (C=O) groups excluding carboxylic acids is 4. The Morgan fingerprint density at radius 1 is 0.875 bits per heavy atom. The Morgan fingerprint density at radius 3 is 1.94 bits per heavy atom. The van der Waals surface area contributed by atoms with Gasteiger partial charge in [0.15, 0.2) is 0 Å². The molecule has 2 aromatic rings. The molecule has 0 bridgehead atoms. The lowest BCUT2D eigenvalue weighted by Crippen LogP contribution is -2.29. The zero-order valence-corrected chi connectivity index (χ0v) is 21.2. The summed E-state index contributed by atoms with van der Waals surface area (Å²) in [7, 11) is 2.90. The van der Waals surface area contributed by atoms with Gasteiger partial charge in [-0.05, 0) is 79.1 Å². The van der Waals surface area contributed by atoms with E-state index in [1.807, 2.05) is 19.1 Å². The van der Waals surface area contributed by atoms with Crippen LogP contribution < -0.4 is 0 Å². The average molecular weight is 568 g/mol. The maximum atomic E-state index is 11.7. The van der Waals surface area contributed by atoms with Crippen LogP contribution in [0.15, 0.2) is 45.3 Å². The minimum atomic E-state index is -0.377. The van der Waals surface area contributed by atoms with Crippen molar-refractivity contribution >= 4 is 49.9 Å². The normalized spacial score (nSPS) is 19.7. The Labute approximate surface area is 203 Å². The summed E-state index contributed by atoms with van der Waals surface area (Å²) >= 11 is 6.86. The van der Waals surface area contributed by atoms with Gasteiger partial charge >= 0.3 is 18.1 Å². The molecule has 0 heterocycles. The quantitative estimate of drug-likeness (QED) is 0.497. The molecule has 0 saturated carbocycles. The van der Waals surface area contributed by atoms with Crippen molar-refractivity contribution in [2.24, 2.45) is 11.3 Å². The molecule has 2 aromatic carbocycles. The molecule has 0 spiro atoms. The number of ether oxygens (including phenoxy) is 2. The summed E-state index contributed by atoms with van der Waals surface area (Å²) in [6, 6.07) is 12.3. The van der Waals surface area contributed by atoms with Gasteiger partial charge in [0.25, 0.3) is 0 Å². The Hall–Kier alpha value is -2.28. The van der Waals surface area contributed by atoms with E-state index in [4.69, 9.17) is 19.1 Å². The number of esters is 2. The first kappa shape index (κ1) is 26.0. The Bertz CT molecular complexity index is 1030. The van der Waals surface area contributed by atoms with E-state index in [-0.39, 0.29) is 29.4 Å². The number of methoxy groups -OCH3 is 2. The zero-order valence-electron chi connectivity index (χ0n) is 18.1. The molecule has 8 heteroatoms. The van der Waals surface area contributed by atoms with Crippen LogP contribution in [0.2, 0.25) is 0 Å². The van der Waals surface area contributed by atoms with E-state index in [0.717, 1.165) is 34.6 Å². The van der Waals surface area contributed by atoms with Crippen LogP contribution in [0.5, 0.6) is 0 Å². The van der Waals surface area contributed by atoms with Crippen LogP contribution >= 0.6 is 31.9 Å². The van der Waals surface area contributed by atoms with Crippen LogP contribution in [0.3, 0.4) is 0 Å². The molecule has 6 nitrogen and oxygen atoms in total. The lowest BCUT2D eigenvalue weighted by Gasteiger charge is -2.19. The van der Waals surface area contributed by atoms with Crippen molar-refractivity contribution in [1.82, 2.24) is 0 Å². The van der Waals surface area contributed by atoms with E-state index in [0.29, 0.717) is 0 Å². The highest BCUT2D eigenvalue weighted by atomic mass is 79.9. The van der Waals surface area contributed by atoms with Gasteiger partial charge in [-0.3, -0.25) is 9.59 Å². The van der Waals surface area contributed by atoms with Crippen LogP contribution in [0.4, 0.5) is 0 Å². The average Bonchev–Trinajstić information content (AvgIpc) is 3.33. The number of hydrogen-bond acceptors (Lipinski definition) is 6. The van der Waals surface area contributed by atoms with Crippen molar-refractivity contribution in [3.05, 3.63) is 67.6 Å². The molecule has 0 amide bonds. The van der Waals surface area contributed by atoms with Gasteiger partial charge in [0.05, 0.1) is 25.6 Å². The van der Waals surface area contributed by atoms with E-state index in [1.165, 1.54) is 36.5 Å². The molecule has 4 rings (SSSR count). The van der Waals surface area contributed by atoms with Crippen molar-refractivity contribution in [3.63, 3.8) is 0 Å². The van der Waals surface area contributed by atoms with Crippen LogP contribution in [0, 0.1) is 11.3 Å². The maximum Gasteiger partial charge on any atom is 0.373 e. The van der Waals surface area contributed by atoms with Gasteiger partial charge in [0.1, 0.15) is 0 Å². The second-order valence-electron chi connectivity index (χ2n) is 7.94. The first-order valence-corrected chi connectivity index (χ1v) is 11.5. The molecular formula is C24H24Br2O6. The van der Waals surface area contributed by atoms with Crippen LogP contribution in [0.25, 0.3) is 0 Å².